The SMILES string of the molecule is NC(=O)NC(CC(=O)Nc1ccc(-c2ccccc2)cc1)c1cccs1. The number of hydrogen-bond acceptors (Lipinski definition) is 3. The van der Waals surface area contributed by atoms with Gasteiger partial charge in [0.05, 0.1) is 12.5 Å². The Morgan fingerprint density at radius 2 is 1.62 bits per heavy atom. The summed E-state index contributed by atoms with van der Waals surface area (Å²) in [5, 5.41) is 7.37. The second kappa shape index (κ2) is 8.31. The Kier molecular flexibility index (Phi) is 5.66. The highest BCUT2D eigenvalue weighted by Crippen LogP contribution is 2.24. The maximum atomic E-state index is 12.4. The van der Waals surface area contributed by atoms with Gasteiger partial charge in [0.1, 0.15) is 0 Å². The lowest BCUT2D eigenvalue weighted by Crippen LogP contribution is -2.34. The number of carbonyl (C=O) groups excluding carboxylic acids is 2. The summed E-state index contributed by atoms with van der Waals surface area (Å²) < 4.78 is 0. The molecule has 0 saturated heterocycles. The Morgan fingerprint density at radius 3 is 2.23 bits per heavy atom. The van der Waals surface area contributed by atoms with Crippen LogP contribution in [-0.2, 0) is 4.79 Å². The van der Waals surface area contributed by atoms with Crippen molar-refractivity contribution in [3.05, 3.63) is 77.0 Å². The second-order valence-corrected chi connectivity index (χ2v) is 6.75. The van der Waals surface area contributed by atoms with Crippen LogP contribution >= 0.6 is 11.3 Å². The summed E-state index contributed by atoms with van der Waals surface area (Å²) >= 11 is 1.47. The van der Waals surface area contributed by atoms with Crippen LogP contribution in [0.3, 0.4) is 0 Å². The quantitative estimate of drug-likeness (QED) is 0.613. The number of hydrogen-bond donors (Lipinski definition) is 3. The number of rotatable bonds is 6. The van der Waals surface area contributed by atoms with Crippen molar-refractivity contribution >= 4 is 29.0 Å². The number of urea groups is 1. The molecule has 6 heteroatoms. The van der Waals surface area contributed by atoms with Crippen LogP contribution in [0.4, 0.5) is 10.5 Å². The Labute approximate surface area is 155 Å². The zero-order chi connectivity index (χ0) is 18.4. The minimum absolute atomic E-state index is 0.115. The molecule has 2 aromatic carbocycles. The van der Waals surface area contributed by atoms with E-state index in [-0.39, 0.29) is 12.3 Å². The van der Waals surface area contributed by atoms with Crippen LogP contribution < -0.4 is 16.4 Å². The van der Waals surface area contributed by atoms with E-state index in [1.165, 1.54) is 11.3 Å². The predicted molar refractivity (Wildman–Crippen MR) is 105 cm³/mol. The van der Waals surface area contributed by atoms with E-state index in [1.54, 1.807) is 0 Å². The van der Waals surface area contributed by atoms with Crippen LogP contribution in [0.1, 0.15) is 17.3 Å². The van der Waals surface area contributed by atoms with Gasteiger partial charge in [-0.05, 0) is 34.7 Å². The molecule has 0 saturated carbocycles. The first-order valence-electron chi connectivity index (χ1n) is 8.16. The topological polar surface area (TPSA) is 84.2 Å². The van der Waals surface area contributed by atoms with Gasteiger partial charge in [-0.25, -0.2) is 4.79 Å². The van der Waals surface area contributed by atoms with E-state index in [2.05, 4.69) is 10.6 Å². The standard InChI is InChI=1S/C20H19N3O2S/c21-20(25)23-17(18-7-4-12-26-18)13-19(24)22-16-10-8-15(9-11-16)14-5-2-1-3-6-14/h1-12,17H,13H2,(H,22,24)(H3,21,23,25). The average Bonchev–Trinajstić information content (AvgIpc) is 3.17. The molecule has 0 bridgehead atoms. The molecule has 4 N–H and O–H groups in total. The van der Waals surface area contributed by atoms with Gasteiger partial charge in [0, 0.05) is 10.6 Å². The monoisotopic (exact) mass is 365 g/mol. The van der Waals surface area contributed by atoms with Gasteiger partial charge in [-0.2, -0.15) is 0 Å². The first kappa shape index (κ1) is 17.7. The van der Waals surface area contributed by atoms with Crippen molar-refractivity contribution < 1.29 is 9.59 Å². The van der Waals surface area contributed by atoms with E-state index in [9.17, 15) is 9.59 Å². The van der Waals surface area contributed by atoms with E-state index in [4.69, 9.17) is 5.73 Å². The third kappa shape index (κ3) is 4.70. The number of nitrogens with one attached hydrogen (secondary N) is 2. The molecule has 1 aromatic heterocycles. The first-order chi connectivity index (χ1) is 12.6. The molecule has 0 fully saturated rings. The lowest BCUT2D eigenvalue weighted by molar-refractivity contribution is -0.116. The molecule has 1 heterocycles. The van der Waals surface area contributed by atoms with Crippen LogP contribution in [0.2, 0.25) is 0 Å². The number of nitrogens with two attached hydrogens (primary N) is 1. The molecule has 0 aliphatic carbocycles. The molecule has 1 atom stereocenters. The van der Waals surface area contributed by atoms with Gasteiger partial charge in [0.25, 0.3) is 0 Å². The molecule has 1 unspecified atom stereocenters. The Balaban J connectivity index is 1.64. The van der Waals surface area contributed by atoms with Gasteiger partial charge in [0.15, 0.2) is 0 Å². The van der Waals surface area contributed by atoms with E-state index < -0.39 is 12.1 Å². The van der Waals surface area contributed by atoms with Gasteiger partial charge in [-0.1, -0.05) is 48.5 Å². The van der Waals surface area contributed by atoms with Crippen molar-refractivity contribution in [3.63, 3.8) is 0 Å². The van der Waals surface area contributed by atoms with Gasteiger partial charge >= 0.3 is 6.03 Å². The number of primary amides is 1. The summed E-state index contributed by atoms with van der Waals surface area (Å²) in [6.07, 6.45) is 0.115. The average molecular weight is 365 g/mol. The lowest BCUT2D eigenvalue weighted by Gasteiger charge is -2.16. The van der Waals surface area contributed by atoms with E-state index in [0.717, 1.165) is 16.0 Å². The first-order valence-corrected chi connectivity index (χ1v) is 9.04. The fourth-order valence-corrected chi connectivity index (χ4v) is 3.44. The molecular formula is C20H19N3O2S. The largest absolute Gasteiger partial charge is 0.352 e. The predicted octanol–water partition coefficient (Wildman–Crippen LogP) is 4.15. The van der Waals surface area contributed by atoms with Gasteiger partial charge in [-0.15, -0.1) is 11.3 Å². The molecule has 3 aromatic rings. The number of anilines is 1. The lowest BCUT2D eigenvalue weighted by atomic mass is 10.1. The maximum Gasteiger partial charge on any atom is 0.312 e. The minimum Gasteiger partial charge on any atom is -0.352 e. The molecule has 132 valence electrons. The Hall–Kier alpha value is -3.12. The van der Waals surface area contributed by atoms with Crippen molar-refractivity contribution in [1.29, 1.82) is 0 Å². The van der Waals surface area contributed by atoms with E-state index in [0.29, 0.717) is 5.69 Å². The van der Waals surface area contributed by atoms with Crippen molar-refractivity contribution in [2.45, 2.75) is 12.5 Å². The third-order valence-electron chi connectivity index (χ3n) is 3.87. The molecule has 0 aliphatic heterocycles. The maximum absolute atomic E-state index is 12.4. The fraction of sp³-hybridized carbons (Fsp3) is 0.100. The Bertz CT molecular complexity index is 862. The summed E-state index contributed by atoms with van der Waals surface area (Å²) in [7, 11) is 0. The molecule has 5 nitrogen and oxygen atoms in total. The van der Waals surface area contributed by atoms with Gasteiger partial charge in [0.2, 0.25) is 5.91 Å². The Morgan fingerprint density at radius 1 is 0.923 bits per heavy atom. The van der Waals surface area contributed by atoms with Crippen LogP contribution in [0, 0.1) is 0 Å². The van der Waals surface area contributed by atoms with Crippen LogP contribution in [-0.4, -0.2) is 11.9 Å². The van der Waals surface area contributed by atoms with Crippen LogP contribution in [0.25, 0.3) is 11.1 Å². The summed E-state index contributed by atoms with van der Waals surface area (Å²) in [5.41, 5.74) is 8.13. The number of thiophene rings is 1. The molecule has 26 heavy (non-hydrogen) atoms. The van der Waals surface area contributed by atoms with E-state index >= 15 is 0 Å². The molecule has 0 radical (unpaired) electrons. The minimum atomic E-state index is -0.650. The molecule has 3 rings (SSSR count). The molecule has 0 spiro atoms. The number of benzene rings is 2. The zero-order valence-corrected chi connectivity index (χ0v) is 14.8. The van der Waals surface area contributed by atoms with Crippen LogP contribution in [0.15, 0.2) is 72.1 Å². The van der Waals surface area contributed by atoms with Gasteiger partial charge in [-0.3, -0.25) is 4.79 Å². The van der Waals surface area contributed by atoms with Crippen molar-refractivity contribution in [2.24, 2.45) is 5.73 Å². The molecule has 3 amide bonds. The van der Waals surface area contributed by atoms with Crippen molar-refractivity contribution in [3.8, 4) is 11.1 Å². The van der Waals surface area contributed by atoms with Gasteiger partial charge < -0.3 is 16.4 Å². The zero-order valence-electron chi connectivity index (χ0n) is 14.0. The normalized spacial score (nSPS) is 11.5. The number of amides is 3. The van der Waals surface area contributed by atoms with Crippen LogP contribution in [0.5, 0.6) is 0 Å². The summed E-state index contributed by atoms with van der Waals surface area (Å²) in [4.78, 5) is 24.4. The summed E-state index contributed by atoms with van der Waals surface area (Å²) in [5.74, 6) is -0.190. The summed E-state index contributed by atoms with van der Waals surface area (Å²) in [6.45, 7) is 0. The van der Waals surface area contributed by atoms with E-state index in [1.807, 2.05) is 72.1 Å². The second-order valence-electron chi connectivity index (χ2n) is 5.77. The highest BCUT2D eigenvalue weighted by atomic mass is 32.1. The smallest absolute Gasteiger partial charge is 0.312 e. The highest BCUT2D eigenvalue weighted by Gasteiger charge is 2.18. The molecule has 0 aliphatic rings. The fourth-order valence-electron chi connectivity index (χ4n) is 2.66. The molecular weight excluding hydrogens is 346 g/mol. The number of carbonyl (C=O) groups is 2. The van der Waals surface area contributed by atoms with Crippen molar-refractivity contribution in [2.75, 3.05) is 5.32 Å². The van der Waals surface area contributed by atoms with Crippen molar-refractivity contribution in [1.82, 2.24) is 5.32 Å². The highest BCUT2D eigenvalue weighted by molar-refractivity contribution is 7.10. The third-order valence-corrected chi connectivity index (χ3v) is 4.85. The summed E-state index contributed by atoms with van der Waals surface area (Å²) in [6, 6.07) is 20.3.